The Balaban J connectivity index is 2.35. The smallest absolute Gasteiger partial charge is 0.233 e. The molecule has 1 heterocycles. The fraction of sp³-hybridized carbons (Fsp3) is 0.467. The van der Waals surface area contributed by atoms with Gasteiger partial charge in [0.15, 0.2) is 0 Å². The van der Waals surface area contributed by atoms with Gasteiger partial charge in [0.1, 0.15) is 5.37 Å². The van der Waals surface area contributed by atoms with Gasteiger partial charge in [-0.2, -0.15) is 5.26 Å². The molecule has 0 N–H and O–H groups in total. The lowest BCUT2D eigenvalue weighted by Gasteiger charge is -2.26. The van der Waals surface area contributed by atoms with Crippen LogP contribution in [0.15, 0.2) is 12.1 Å². The number of thioether (sulfide) groups is 1. The summed E-state index contributed by atoms with van der Waals surface area (Å²) in [5.74, 6) is 0.660. The Bertz CT molecular complexity index is 525. The third-order valence-corrected chi connectivity index (χ3v) is 4.64. The fourth-order valence-corrected chi connectivity index (χ4v) is 4.09. The highest BCUT2D eigenvalue weighted by molar-refractivity contribution is 8.00. The largest absolute Gasteiger partial charge is 0.325 e. The summed E-state index contributed by atoms with van der Waals surface area (Å²) >= 11 is 1.66. The maximum Gasteiger partial charge on any atom is 0.233 e. The lowest BCUT2D eigenvalue weighted by molar-refractivity contribution is -0.127. The molecule has 0 bridgehead atoms. The number of aryl methyl sites for hydroxylation is 3. The van der Waals surface area contributed by atoms with Crippen molar-refractivity contribution in [2.45, 2.75) is 32.6 Å². The van der Waals surface area contributed by atoms with Gasteiger partial charge in [-0.25, -0.2) is 0 Å². The molecule has 1 saturated heterocycles. The molecule has 1 amide bonds. The van der Waals surface area contributed by atoms with E-state index in [1.807, 2.05) is 4.90 Å². The van der Waals surface area contributed by atoms with E-state index in [1.54, 1.807) is 11.8 Å². The van der Waals surface area contributed by atoms with Crippen LogP contribution < -0.4 is 0 Å². The van der Waals surface area contributed by atoms with Crippen LogP contribution in [0.3, 0.4) is 0 Å². The zero-order valence-corrected chi connectivity index (χ0v) is 12.4. The molecule has 1 aromatic rings. The average molecular weight is 274 g/mol. The number of rotatable bonds is 3. The molecule has 3 nitrogen and oxygen atoms in total. The molecule has 0 radical (unpaired) electrons. The molecule has 0 spiro atoms. The molecular formula is C15H18N2OS. The zero-order valence-electron chi connectivity index (χ0n) is 11.6. The molecule has 19 heavy (non-hydrogen) atoms. The normalized spacial score (nSPS) is 18.7. The summed E-state index contributed by atoms with van der Waals surface area (Å²) in [6.45, 7) is 6.81. The van der Waals surface area contributed by atoms with Gasteiger partial charge in [-0.3, -0.25) is 4.79 Å². The summed E-state index contributed by atoms with van der Waals surface area (Å²) in [7, 11) is 0. The van der Waals surface area contributed by atoms with Gasteiger partial charge in [-0.1, -0.05) is 17.7 Å². The van der Waals surface area contributed by atoms with Crippen LogP contribution in [0.4, 0.5) is 0 Å². The molecular weight excluding hydrogens is 256 g/mol. The topological polar surface area (TPSA) is 44.1 Å². The molecule has 1 fully saturated rings. The number of benzene rings is 1. The number of carbonyl (C=O) groups excluding carboxylic acids is 1. The molecule has 4 heteroatoms. The quantitative estimate of drug-likeness (QED) is 0.850. The molecule has 2 rings (SSSR count). The van der Waals surface area contributed by atoms with Crippen molar-refractivity contribution >= 4 is 17.7 Å². The van der Waals surface area contributed by atoms with Crippen molar-refractivity contribution in [3.8, 4) is 6.07 Å². The van der Waals surface area contributed by atoms with Crippen molar-refractivity contribution in [3.05, 3.63) is 34.4 Å². The molecule has 1 unspecified atom stereocenters. The number of hydrogen-bond acceptors (Lipinski definition) is 3. The highest BCUT2D eigenvalue weighted by Gasteiger charge is 2.34. The zero-order chi connectivity index (χ0) is 14.0. The Labute approximate surface area is 118 Å². The van der Waals surface area contributed by atoms with Gasteiger partial charge in [0, 0.05) is 6.54 Å². The van der Waals surface area contributed by atoms with E-state index in [4.69, 9.17) is 5.26 Å². The standard InChI is InChI=1S/C15H18N2OS/c1-10-7-11(2)14(12(3)8-10)15-17(6-4-5-16)13(18)9-19-15/h7-8,15H,4,6,9H2,1-3H3. The summed E-state index contributed by atoms with van der Waals surface area (Å²) in [6.07, 6.45) is 0.396. The van der Waals surface area contributed by atoms with Crippen LogP contribution >= 0.6 is 11.8 Å². The fourth-order valence-electron chi connectivity index (χ4n) is 2.69. The van der Waals surface area contributed by atoms with Crippen LogP contribution in [0, 0.1) is 32.1 Å². The van der Waals surface area contributed by atoms with E-state index in [0.717, 1.165) is 0 Å². The number of hydrogen-bond donors (Lipinski definition) is 0. The van der Waals surface area contributed by atoms with Crippen molar-refractivity contribution < 1.29 is 4.79 Å². The Morgan fingerprint density at radius 1 is 1.37 bits per heavy atom. The highest BCUT2D eigenvalue weighted by Crippen LogP contribution is 2.41. The first-order valence-electron chi connectivity index (χ1n) is 6.40. The van der Waals surface area contributed by atoms with Gasteiger partial charge >= 0.3 is 0 Å². The van der Waals surface area contributed by atoms with Crippen LogP contribution in [0.5, 0.6) is 0 Å². The van der Waals surface area contributed by atoms with Crippen molar-refractivity contribution in [2.75, 3.05) is 12.3 Å². The highest BCUT2D eigenvalue weighted by atomic mass is 32.2. The van der Waals surface area contributed by atoms with Gasteiger partial charge in [-0.15, -0.1) is 11.8 Å². The van der Waals surface area contributed by atoms with Crippen LogP contribution in [-0.2, 0) is 4.79 Å². The average Bonchev–Trinajstić information content (AvgIpc) is 2.67. The van der Waals surface area contributed by atoms with E-state index < -0.39 is 0 Å². The van der Waals surface area contributed by atoms with Crippen molar-refractivity contribution in [3.63, 3.8) is 0 Å². The first-order valence-corrected chi connectivity index (χ1v) is 7.45. The van der Waals surface area contributed by atoms with E-state index in [-0.39, 0.29) is 11.3 Å². The number of nitriles is 1. The van der Waals surface area contributed by atoms with Gasteiger partial charge in [-0.05, 0) is 37.5 Å². The second-order valence-electron chi connectivity index (χ2n) is 4.97. The molecule has 0 saturated carbocycles. The Hall–Kier alpha value is -1.47. The molecule has 100 valence electrons. The van der Waals surface area contributed by atoms with E-state index in [1.165, 1.54) is 22.3 Å². The minimum absolute atomic E-state index is 0.0708. The summed E-state index contributed by atoms with van der Waals surface area (Å²) in [5.41, 5.74) is 4.94. The lowest BCUT2D eigenvalue weighted by Crippen LogP contribution is -2.29. The Morgan fingerprint density at radius 3 is 2.58 bits per heavy atom. The predicted octanol–water partition coefficient (Wildman–Crippen LogP) is 3.10. The third kappa shape index (κ3) is 2.76. The lowest BCUT2D eigenvalue weighted by atomic mass is 9.99. The van der Waals surface area contributed by atoms with Crippen LogP contribution in [0.1, 0.15) is 34.0 Å². The maximum absolute atomic E-state index is 11.9. The van der Waals surface area contributed by atoms with Gasteiger partial charge in [0.05, 0.1) is 18.2 Å². The van der Waals surface area contributed by atoms with Crippen molar-refractivity contribution in [2.24, 2.45) is 0 Å². The first-order chi connectivity index (χ1) is 9.04. The molecule has 0 aliphatic carbocycles. The van der Waals surface area contributed by atoms with Crippen LogP contribution in [0.2, 0.25) is 0 Å². The number of nitrogens with zero attached hydrogens (tertiary/aromatic N) is 2. The maximum atomic E-state index is 11.9. The van der Waals surface area contributed by atoms with E-state index in [0.29, 0.717) is 18.7 Å². The van der Waals surface area contributed by atoms with E-state index >= 15 is 0 Å². The Morgan fingerprint density at radius 2 is 2.00 bits per heavy atom. The summed E-state index contributed by atoms with van der Waals surface area (Å²) < 4.78 is 0. The number of amides is 1. The van der Waals surface area contributed by atoms with E-state index in [9.17, 15) is 4.79 Å². The molecule has 0 aromatic heterocycles. The summed E-state index contributed by atoms with van der Waals surface area (Å²) in [5, 5.41) is 8.79. The third-order valence-electron chi connectivity index (χ3n) is 3.42. The monoisotopic (exact) mass is 274 g/mol. The Kier molecular flexibility index (Phi) is 4.16. The van der Waals surface area contributed by atoms with Crippen molar-refractivity contribution in [1.29, 1.82) is 5.26 Å². The molecule has 1 atom stereocenters. The molecule has 1 aliphatic heterocycles. The van der Waals surface area contributed by atoms with Gasteiger partial charge in [0.25, 0.3) is 0 Å². The van der Waals surface area contributed by atoms with Crippen LogP contribution in [0.25, 0.3) is 0 Å². The first kappa shape index (κ1) is 14.0. The number of carbonyl (C=O) groups is 1. The summed E-state index contributed by atoms with van der Waals surface area (Å²) in [4.78, 5) is 13.8. The minimum atomic E-state index is 0.0708. The van der Waals surface area contributed by atoms with Gasteiger partial charge < -0.3 is 4.90 Å². The molecule has 1 aliphatic rings. The predicted molar refractivity (Wildman–Crippen MR) is 77.8 cm³/mol. The van der Waals surface area contributed by atoms with Crippen molar-refractivity contribution in [1.82, 2.24) is 4.90 Å². The summed E-state index contributed by atoms with van der Waals surface area (Å²) in [6, 6.07) is 6.44. The second-order valence-corrected chi connectivity index (χ2v) is 6.04. The minimum Gasteiger partial charge on any atom is -0.325 e. The van der Waals surface area contributed by atoms with Crippen LogP contribution in [-0.4, -0.2) is 23.1 Å². The van der Waals surface area contributed by atoms with Gasteiger partial charge in [0.2, 0.25) is 5.91 Å². The van der Waals surface area contributed by atoms with E-state index in [2.05, 4.69) is 39.0 Å². The molecule has 1 aromatic carbocycles. The second kappa shape index (κ2) is 5.66. The SMILES string of the molecule is Cc1cc(C)c(C2SCC(=O)N2CCC#N)c(C)c1.